The van der Waals surface area contributed by atoms with E-state index in [1.54, 1.807) is 0 Å². The summed E-state index contributed by atoms with van der Waals surface area (Å²) in [4.78, 5) is 0. The summed E-state index contributed by atoms with van der Waals surface area (Å²) in [6.07, 6.45) is 24.5. The van der Waals surface area contributed by atoms with E-state index in [0.717, 1.165) is 0 Å². The van der Waals surface area contributed by atoms with Gasteiger partial charge in [-0.2, -0.15) is 0 Å². The molecule has 0 bridgehead atoms. The fourth-order valence-electron chi connectivity index (χ4n) is 3.17. The first-order valence-electron chi connectivity index (χ1n) is 11.3. The van der Waals surface area contributed by atoms with Crippen molar-refractivity contribution in [1.29, 1.82) is 0 Å². The van der Waals surface area contributed by atoms with Crippen LogP contribution in [0.4, 0.5) is 25.2 Å². The van der Waals surface area contributed by atoms with E-state index >= 15 is 0 Å². The van der Waals surface area contributed by atoms with Gasteiger partial charge in [0.2, 0.25) is 0 Å². The van der Waals surface area contributed by atoms with Gasteiger partial charge in [0.15, 0.2) is 12.4 Å². The number of hydrogen-bond donors (Lipinski definition) is 0. The SMILES string of the molecule is CCCCCCCCCCCCCCCC[n+]1ccc(C)cc1.F[P-](F)(F)(F)(F)F. The van der Waals surface area contributed by atoms with Gasteiger partial charge in [0.05, 0.1) is 0 Å². The molecular formula is C22H40F6NP. The Kier molecular flexibility index (Phi) is 13.2. The van der Waals surface area contributed by atoms with Crippen molar-refractivity contribution in [3.8, 4) is 0 Å². The Morgan fingerprint density at radius 2 is 0.900 bits per heavy atom. The number of unbranched alkanes of at least 4 members (excludes halogenated alkanes) is 13. The van der Waals surface area contributed by atoms with Crippen molar-refractivity contribution in [3.63, 3.8) is 0 Å². The van der Waals surface area contributed by atoms with Crippen LogP contribution in [-0.2, 0) is 6.54 Å². The van der Waals surface area contributed by atoms with E-state index in [9.17, 15) is 25.2 Å². The molecule has 0 atom stereocenters. The van der Waals surface area contributed by atoms with Crippen LogP contribution in [0.15, 0.2) is 24.5 Å². The van der Waals surface area contributed by atoms with Crippen molar-refractivity contribution in [2.75, 3.05) is 0 Å². The Morgan fingerprint density at radius 1 is 0.600 bits per heavy atom. The Hall–Kier alpha value is -0.840. The van der Waals surface area contributed by atoms with E-state index in [0.29, 0.717) is 0 Å². The van der Waals surface area contributed by atoms with Gasteiger partial charge < -0.3 is 0 Å². The monoisotopic (exact) mass is 463 g/mol. The Bertz CT molecular complexity index is 531. The van der Waals surface area contributed by atoms with Gasteiger partial charge in [0, 0.05) is 18.6 Å². The minimum atomic E-state index is -10.7. The van der Waals surface area contributed by atoms with Crippen LogP contribution >= 0.6 is 7.81 Å². The van der Waals surface area contributed by atoms with E-state index in [2.05, 4.69) is 42.9 Å². The van der Waals surface area contributed by atoms with E-state index in [-0.39, 0.29) is 0 Å². The molecule has 0 saturated heterocycles. The van der Waals surface area contributed by atoms with Gasteiger partial charge in [-0.05, 0) is 18.9 Å². The Labute approximate surface area is 178 Å². The fourth-order valence-corrected chi connectivity index (χ4v) is 3.17. The molecule has 0 aromatic carbocycles. The molecule has 1 aromatic heterocycles. The van der Waals surface area contributed by atoms with Crippen molar-refractivity contribution in [1.82, 2.24) is 0 Å². The molecule has 1 rings (SSSR count). The number of rotatable bonds is 15. The van der Waals surface area contributed by atoms with Gasteiger partial charge in [-0.1, -0.05) is 84.0 Å². The van der Waals surface area contributed by atoms with Crippen LogP contribution in [0.25, 0.3) is 0 Å². The first kappa shape index (κ1) is 29.2. The summed E-state index contributed by atoms with van der Waals surface area (Å²) in [5, 5.41) is 0. The zero-order chi connectivity index (χ0) is 23.0. The summed E-state index contributed by atoms with van der Waals surface area (Å²) < 4.78 is 61.5. The van der Waals surface area contributed by atoms with E-state index in [4.69, 9.17) is 0 Å². The molecule has 0 aliphatic carbocycles. The quantitative estimate of drug-likeness (QED) is 0.105. The molecule has 180 valence electrons. The predicted molar refractivity (Wildman–Crippen MR) is 115 cm³/mol. The summed E-state index contributed by atoms with van der Waals surface area (Å²) in [5.41, 5.74) is 1.35. The zero-order valence-corrected chi connectivity index (χ0v) is 19.5. The molecule has 30 heavy (non-hydrogen) atoms. The first-order chi connectivity index (χ1) is 13.8. The van der Waals surface area contributed by atoms with Crippen LogP contribution in [0.3, 0.4) is 0 Å². The molecule has 0 radical (unpaired) electrons. The minimum absolute atomic E-state index is 1.18. The third-order valence-electron chi connectivity index (χ3n) is 4.83. The molecule has 0 aliphatic rings. The Morgan fingerprint density at radius 3 is 1.23 bits per heavy atom. The number of nitrogens with zero attached hydrogens (tertiary/aromatic N) is 1. The van der Waals surface area contributed by atoms with Gasteiger partial charge in [0.1, 0.15) is 6.54 Å². The second kappa shape index (κ2) is 13.5. The summed E-state index contributed by atoms with van der Waals surface area (Å²) in [7, 11) is -10.7. The summed E-state index contributed by atoms with van der Waals surface area (Å²) in [6.45, 7) is 5.62. The molecule has 8 heteroatoms. The normalized spacial score (nSPS) is 13.9. The van der Waals surface area contributed by atoms with Crippen molar-refractivity contribution >= 4 is 7.81 Å². The molecule has 0 spiro atoms. The van der Waals surface area contributed by atoms with E-state index in [1.165, 1.54) is 102 Å². The molecule has 0 unspecified atom stereocenters. The molecule has 1 nitrogen and oxygen atoms in total. The number of hydrogen-bond acceptors (Lipinski definition) is 0. The van der Waals surface area contributed by atoms with Crippen molar-refractivity contribution in [2.24, 2.45) is 0 Å². The standard InChI is InChI=1S/C22H40N.F6P/c1-3-4-5-6-7-8-9-10-11-12-13-14-15-16-19-23-20-17-22(2)18-21-23;1-7(2,3,4,5)6/h17-18,20-21H,3-16,19H2,1-2H3;/q+1;-1. The first-order valence-corrected chi connectivity index (χ1v) is 13.3. The molecule has 0 N–H and O–H groups in total. The van der Waals surface area contributed by atoms with Gasteiger partial charge in [-0.15, -0.1) is 0 Å². The number of aromatic nitrogens is 1. The van der Waals surface area contributed by atoms with Crippen LogP contribution in [0, 0.1) is 6.92 Å². The average molecular weight is 464 g/mol. The average Bonchev–Trinajstić information content (AvgIpc) is 2.61. The van der Waals surface area contributed by atoms with Gasteiger partial charge in [-0.3, -0.25) is 0 Å². The second-order valence-corrected chi connectivity index (χ2v) is 10.1. The zero-order valence-electron chi connectivity index (χ0n) is 18.6. The molecule has 0 saturated carbocycles. The molecule has 1 aromatic rings. The molecule has 0 amide bonds. The number of halogens is 6. The van der Waals surface area contributed by atoms with Crippen molar-refractivity contribution in [3.05, 3.63) is 30.1 Å². The number of aryl methyl sites for hydroxylation is 2. The van der Waals surface area contributed by atoms with E-state index in [1.807, 2.05) is 0 Å². The third kappa shape index (κ3) is 29.4. The van der Waals surface area contributed by atoms with Gasteiger partial charge >= 0.3 is 33.0 Å². The third-order valence-corrected chi connectivity index (χ3v) is 4.83. The maximum absolute atomic E-state index is 10.7. The van der Waals surface area contributed by atoms with Crippen LogP contribution in [0.5, 0.6) is 0 Å². The number of pyridine rings is 1. The summed E-state index contributed by atoms with van der Waals surface area (Å²) >= 11 is 0. The van der Waals surface area contributed by atoms with Crippen molar-refractivity contribution < 1.29 is 29.7 Å². The van der Waals surface area contributed by atoms with Crippen molar-refractivity contribution in [2.45, 2.75) is 110 Å². The van der Waals surface area contributed by atoms with Crippen LogP contribution < -0.4 is 4.57 Å². The maximum atomic E-state index is 9.87. The fraction of sp³-hybridized carbons (Fsp3) is 0.773. The van der Waals surface area contributed by atoms with Crippen LogP contribution in [0.2, 0.25) is 0 Å². The van der Waals surface area contributed by atoms with Gasteiger partial charge in [0.25, 0.3) is 0 Å². The van der Waals surface area contributed by atoms with E-state index < -0.39 is 7.81 Å². The van der Waals surface area contributed by atoms with Crippen LogP contribution in [-0.4, -0.2) is 0 Å². The summed E-state index contributed by atoms with van der Waals surface area (Å²) in [5.74, 6) is 0. The summed E-state index contributed by atoms with van der Waals surface area (Å²) in [6, 6.07) is 4.40. The molecule has 1 heterocycles. The topological polar surface area (TPSA) is 3.88 Å². The molecule has 0 fully saturated rings. The Balaban J connectivity index is 0.00000103. The second-order valence-electron chi connectivity index (χ2n) is 8.17. The van der Waals surface area contributed by atoms with Crippen LogP contribution in [0.1, 0.15) is 102 Å². The van der Waals surface area contributed by atoms with Gasteiger partial charge in [-0.25, -0.2) is 4.57 Å². The predicted octanol–water partition coefficient (Wildman–Crippen LogP) is 10.1. The molecular weight excluding hydrogens is 423 g/mol. The molecule has 0 aliphatic heterocycles.